The molecule has 0 radical (unpaired) electrons. The summed E-state index contributed by atoms with van der Waals surface area (Å²) in [6, 6.07) is -0.132. The molecule has 22 heavy (non-hydrogen) atoms. The molecule has 1 aromatic rings. The third kappa shape index (κ3) is 3.15. The summed E-state index contributed by atoms with van der Waals surface area (Å²) in [6.07, 6.45) is -2.77. The van der Waals surface area contributed by atoms with Crippen molar-refractivity contribution in [2.75, 3.05) is 24.5 Å². The van der Waals surface area contributed by atoms with Crippen molar-refractivity contribution >= 4 is 5.95 Å². The maximum atomic E-state index is 12.8. The fourth-order valence-corrected chi connectivity index (χ4v) is 2.12. The van der Waals surface area contributed by atoms with Crippen LogP contribution in [0.4, 0.5) is 19.1 Å². The first-order chi connectivity index (χ1) is 10.3. The molecule has 2 rings (SSSR count). The van der Waals surface area contributed by atoms with E-state index in [0.717, 1.165) is 12.4 Å². The number of aromatic nitrogens is 2. The molecular weight excluding hydrogens is 297 g/mol. The Bertz CT molecular complexity index is 574. The molecule has 1 aliphatic rings. The van der Waals surface area contributed by atoms with Crippen LogP contribution in [0, 0.1) is 11.8 Å². The maximum Gasteiger partial charge on any atom is 0.421 e. The van der Waals surface area contributed by atoms with E-state index in [4.69, 9.17) is 0 Å². The van der Waals surface area contributed by atoms with Crippen LogP contribution in [-0.2, 0) is 5.60 Å². The molecule has 120 valence electrons. The summed E-state index contributed by atoms with van der Waals surface area (Å²) in [6.45, 7) is 4.35. The molecule has 1 fully saturated rings. The van der Waals surface area contributed by atoms with E-state index >= 15 is 0 Å². The summed E-state index contributed by atoms with van der Waals surface area (Å²) >= 11 is 0. The molecule has 2 heterocycles. The molecule has 0 aliphatic carbocycles. The number of anilines is 1. The van der Waals surface area contributed by atoms with Crippen LogP contribution in [0.1, 0.15) is 19.4 Å². The molecular formula is C14H17F3N4O. The van der Waals surface area contributed by atoms with Crippen LogP contribution in [0.2, 0.25) is 0 Å². The first-order valence-corrected chi connectivity index (χ1v) is 6.78. The molecule has 1 unspecified atom stereocenters. The Labute approximate surface area is 126 Å². The second kappa shape index (κ2) is 6.10. The smallest absolute Gasteiger partial charge is 0.376 e. The van der Waals surface area contributed by atoms with Crippen molar-refractivity contribution in [3.63, 3.8) is 0 Å². The van der Waals surface area contributed by atoms with Gasteiger partial charge in [0, 0.05) is 37.6 Å². The lowest BCUT2D eigenvalue weighted by atomic mass is 9.99. The van der Waals surface area contributed by atoms with Crippen molar-refractivity contribution in [2.24, 2.45) is 0 Å². The minimum absolute atomic E-state index is 0.132. The molecule has 8 heteroatoms. The predicted octanol–water partition coefficient (Wildman–Crippen LogP) is 1.05. The number of halogens is 3. The summed E-state index contributed by atoms with van der Waals surface area (Å²) in [5.41, 5.74) is -3.37. The van der Waals surface area contributed by atoms with Crippen LogP contribution in [0.15, 0.2) is 12.4 Å². The van der Waals surface area contributed by atoms with Gasteiger partial charge in [-0.3, -0.25) is 0 Å². The molecule has 1 saturated heterocycles. The number of hydrogen-bond acceptors (Lipinski definition) is 5. The average molecular weight is 314 g/mol. The molecule has 0 aromatic carbocycles. The molecule has 5 nitrogen and oxygen atoms in total. The second-order valence-corrected chi connectivity index (χ2v) is 5.15. The highest BCUT2D eigenvalue weighted by atomic mass is 19.4. The molecule has 0 spiro atoms. The SMILES string of the molecule is CC#C[C@H]1CNCCN1c1ncc(C(C)(O)C(F)(F)F)cn1. The fourth-order valence-electron chi connectivity index (χ4n) is 2.12. The van der Waals surface area contributed by atoms with Gasteiger partial charge in [0.2, 0.25) is 5.95 Å². The number of aliphatic hydroxyl groups is 1. The van der Waals surface area contributed by atoms with Gasteiger partial charge in [-0.25, -0.2) is 9.97 Å². The molecule has 1 aromatic heterocycles. The van der Waals surface area contributed by atoms with Gasteiger partial charge in [0.05, 0.1) is 0 Å². The standard InChI is InChI=1S/C14H17F3N4O/c1-3-4-11-9-18-5-6-21(11)12-19-7-10(8-20-12)13(2,22)14(15,16)17/h7-8,11,18,22H,5-6,9H2,1-2H3/t11-,13?/m0/s1. The van der Waals surface area contributed by atoms with Crippen molar-refractivity contribution in [1.82, 2.24) is 15.3 Å². The van der Waals surface area contributed by atoms with E-state index in [0.29, 0.717) is 32.5 Å². The van der Waals surface area contributed by atoms with E-state index in [2.05, 4.69) is 27.1 Å². The first-order valence-electron chi connectivity index (χ1n) is 6.78. The Kier molecular flexibility index (Phi) is 4.58. The van der Waals surface area contributed by atoms with Crippen LogP contribution < -0.4 is 10.2 Å². The number of hydrogen-bond donors (Lipinski definition) is 2. The van der Waals surface area contributed by atoms with Gasteiger partial charge in [-0.2, -0.15) is 13.2 Å². The third-order valence-corrected chi connectivity index (χ3v) is 3.56. The minimum atomic E-state index is -4.79. The summed E-state index contributed by atoms with van der Waals surface area (Å²) in [5.74, 6) is 6.12. The van der Waals surface area contributed by atoms with Crippen LogP contribution in [0.25, 0.3) is 0 Å². The Morgan fingerprint density at radius 3 is 2.55 bits per heavy atom. The van der Waals surface area contributed by atoms with E-state index < -0.39 is 17.3 Å². The number of alkyl halides is 3. The first kappa shape index (κ1) is 16.5. The molecule has 2 atom stereocenters. The fraction of sp³-hybridized carbons (Fsp3) is 0.571. The Balaban J connectivity index is 2.26. The maximum absolute atomic E-state index is 12.8. The Hall–Kier alpha value is -1.85. The highest BCUT2D eigenvalue weighted by Gasteiger charge is 2.51. The van der Waals surface area contributed by atoms with Gasteiger partial charge in [-0.1, -0.05) is 5.92 Å². The topological polar surface area (TPSA) is 61.3 Å². The van der Waals surface area contributed by atoms with E-state index in [-0.39, 0.29) is 6.04 Å². The van der Waals surface area contributed by atoms with Crippen molar-refractivity contribution in [3.05, 3.63) is 18.0 Å². The zero-order valence-corrected chi connectivity index (χ0v) is 12.3. The highest BCUT2D eigenvalue weighted by molar-refractivity contribution is 5.38. The predicted molar refractivity (Wildman–Crippen MR) is 75.1 cm³/mol. The van der Waals surface area contributed by atoms with Gasteiger partial charge in [0.15, 0.2) is 5.60 Å². The molecule has 0 bridgehead atoms. The van der Waals surface area contributed by atoms with Gasteiger partial charge in [-0.05, 0) is 13.8 Å². The van der Waals surface area contributed by atoms with E-state index in [1.165, 1.54) is 0 Å². The molecule has 1 aliphatic heterocycles. The van der Waals surface area contributed by atoms with Crippen LogP contribution >= 0.6 is 0 Å². The van der Waals surface area contributed by atoms with Crippen molar-refractivity contribution in [3.8, 4) is 11.8 Å². The second-order valence-electron chi connectivity index (χ2n) is 5.15. The van der Waals surface area contributed by atoms with Crippen LogP contribution in [0.5, 0.6) is 0 Å². The summed E-state index contributed by atoms with van der Waals surface area (Å²) in [7, 11) is 0. The lowest BCUT2D eigenvalue weighted by Crippen LogP contribution is -2.51. The van der Waals surface area contributed by atoms with Crippen LogP contribution in [0.3, 0.4) is 0 Å². The third-order valence-electron chi connectivity index (χ3n) is 3.56. The largest absolute Gasteiger partial charge is 0.421 e. The summed E-state index contributed by atoms with van der Waals surface area (Å²) in [5, 5.41) is 12.8. The monoisotopic (exact) mass is 314 g/mol. The quantitative estimate of drug-likeness (QED) is 0.799. The number of rotatable bonds is 2. The summed E-state index contributed by atoms with van der Waals surface area (Å²) < 4.78 is 38.4. The lowest BCUT2D eigenvalue weighted by molar-refractivity contribution is -0.259. The van der Waals surface area contributed by atoms with Gasteiger partial charge >= 0.3 is 6.18 Å². The van der Waals surface area contributed by atoms with Crippen LogP contribution in [-0.4, -0.2) is 46.9 Å². The highest BCUT2D eigenvalue weighted by Crippen LogP contribution is 2.38. The zero-order chi connectivity index (χ0) is 16.4. The van der Waals surface area contributed by atoms with Crippen molar-refractivity contribution < 1.29 is 18.3 Å². The number of nitrogens with zero attached hydrogens (tertiary/aromatic N) is 3. The van der Waals surface area contributed by atoms with Gasteiger partial charge in [0.25, 0.3) is 0 Å². The Morgan fingerprint density at radius 2 is 2.00 bits per heavy atom. The normalized spacial score (nSPS) is 21.7. The van der Waals surface area contributed by atoms with Gasteiger partial charge in [-0.15, -0.1) is 5.92 Å². The molecule has 0 amide bonds. The van der Waals surface area contributed by atoms with Gasteiger partial charge < -0.3 is 15.3 Å². The van der Waals surface area contributed by atoms with E-state index in [1.807, 2.05) is 4.90 Å². The van der Waals surface area contributed by atoms with Gasteiger partial charge in [0.1, 0.15) is 6.04 Å². The minimum Gasteiger partial charge on any atom is -0.376 e. The molecule has 2 N–H and O–H groups in total. The summed E-state index contributed by atoms with van der Waals surface area (Å²) in [4.78, 5) is 9.78. The molecule has 0 saturated carbocycles. The average Bonchev–Trinajstić information content (AvgIpc) is 2.47. The number of nitrogens with one attached hydrogen (secondary N) is 1. The van der Waals surface area contributed by atoms with Crippen molar-refractivity contribution in [2.45, 2.75) is 31.7 Å². The van der Waals surface area contributed by atoms with Crippen molar-refractivity contribution in [1.29, 1.82) is 0 Å². The van der Waals surface area contributed by atoms with E-state index in [1.54, 1.807) is 6.92 Å². The number of piperazine rings is 1. The zero-order valence-electron chi connectivity index (χ0n) is 12.3. The van der Waals surface area contributed by atoms with E-state index in [9.17, 15) is 18.3 Å². The lowest BCUT2D eigenvalue weighted by Gasteiger charge is -2.33. The Morgan fingerprint density at radius 1 is 1.36 bits per heavy atom.